The first-order valence-corrected chi connectivity index (χ1v) is 9.27. The lowest BCUT2D eigenvalue weighted by Crippen LogP contribution is -2.18. The minimum atomic E-state index is -0.492. The van der Waals surface area contributed by atoms with Gasteiger partial charge in [0.2, 0.25) is 11.7 Å². The zero-order valence-corrected chi connectivity index (χ0v) is 15.5. The van der Waals surface area contributed by atoms with Crippen molar-refractivity contribution in [2.75, 3.05) is 29.7 Å². The van der Waals surface area contributed by atoms with E-state index in [1.165, 1.54) is 0 Å². The molecule has 2 N–H and O–H groups in total. The number of furan rings is 1. The van der Waals surface area contributed by atoms with Crippen molar-refractivity contribution in [2.24, 2.45) is 0 Å². The van der Waals surface area contributed by atoms with E-state index in [0.717, 1.165) is 0 Å². The summed E-state index contributed by atoms with van der Waals surface area (Å²) in [5, 5.41) is 6.13. The average Bonchev–Trinajstić information content (AvgIpc) is 3.07. The van der Waals surface area contributed by atoms with Gasteiger partial charge in [0, 0.05) is 29.4 Å². The van der Waals surface area contributed by atoms with Crippen molar-refractivity contribution in [3.63, 3.8) is 0 Å². The highest BCUT2D eigenvalue weighted by molar-refractivity contribution is 6.20. The number of amides is 2. The first kappa shape index (κ1) is 18.2. The number of nitrogens with one attached hydrogen (secondary N) is 2. The molecule has 0 saturated carbocycles. The number of benzene rings is 2. The minimum Gasteiger partial charge on any atom is -0.486 e. The van der Waals surface area contributed by atoms with Crippen molar-refractivity contribution < 1.29 is 23.5 Å². The molecule has 2 heterocycles. The van der Waals surface area contributed by atoms with E-state index in [2.05, 4.69) is 10.6 Å². The highest BCUT2D eigenvalue weighted by Crippen LogP contribution is 2.34. The van der Waals surface area contributed by atoms with Crippen LogP contribution in [0.25, 0.3) is 11.0 Å². The molecule has 4 rings (SSSR count). The summed E-state index contributed by atoms with van der Waals surface area (Å²) in [4.78, 5) is 24.9. The average molecular weight is 401 g/mol. The van der Waals surface area contributed by atoms with Gasteiger partial charge in [-0.15, -0.1) is 11.6 Å². The molecule has 0 spiro atoms. The summed E-state index contributed by atoms with van der Waals surface area (Å²) in [7, 11) is 0. The van der Waals surface area contributed by atoms with E-state index < -0.39 is 5.91 Å². The molecule has 1 aromatic heterocycles. The number of hydrogen-bond donors (Lipinski definition) is 2. The Kier molecular flexibility index (Phi) is 5.08. The van der Waals surface area contributed by atoms with Crippen LogP contribution in [0.2, 0.25) is 0 Å². The standard InChI is InChI=1S/C20H17ClN2O5/c21-8-7-17(24)23-18-13-3-1-2-4-14(13)28-19(18)20(25)22-12-5-6-15-16(11-12)27-10-9-26-15/h1-6,11H,7-10H2,(H,22,25)(H,23,24). The van der Waals surface area contributed by atoms with Crippen LogP contribution in [0.1, 0.15) is 17.0 Å². The third-order valence-electron chi connectivity index (χ3n) is 4.19. The number of carbonyl (C=O) groups excluding carboxylic acids is 2. The Balaban J connectivity index is 1.64. The molecule has 8 heteroatoms. The van der Waals surface area contributed by atoms with E-state index in [0.29, 0.717) is 47.1 Å². The van der Waals surface area contributed by atoms with E-state index in [1.54, 1.807) is 42.5 Å². The lowest BCUT2D eigenvalue weighted by molar-refractivity contribution is -0.115. The summed E-state index contributed by atoms with van der Waals surface area (Å²) in [6.45, 7) is 0.938. The molecule has 1 aliphatic rings. The Morgan fingerprint density at radius 1 is 1.00 bits per heavy atom. The third kappa shape index (κ3) is 3.61. The normalized spacial score (nSPS) is 12.6. The van der Waals surface area contributed by atoms with E-state index >= 15 is 0 Å². The largest absolute Gasteiger partial charge is 0.486 e. The van der Waals surface area contributed by atoms with Crippen molar-refractivity contribution in [1.82, 2.24) is 0 Å². The van der Waals surface area contributed by atoms with E-state index in [-0.39, 0.29) is 24.0 Å². The number of ether oxygens (including phenoxy) is 2. The lowest BCUT2D eigenvalue weighted by Gasteiger charge is -2.18. The molecule has 0 aliphatic carbocycles. The SMILES string of the molecule is O=C(CCCl)Nc1c(C(=O)Nc2ccc3c(c2)OCCO3)oc2ccccc12. The number of alkyl halides is 1. The molecule has 1 aliphatic heterocycles. The molecule has 2 amide bonds. The second-order valence-corrected chi connectivity index (χ2v) is 6.48. The van der Waals surface area contributed by atoms with Crippen molar-refractivity contribution in [2.45, 2.75) is 6.42 Å². The van der Waals surface area contributed by atoms with Gasteiger partial charge in [-0.3, -0.25) is 9.59 Å². The summed E-state index contributed by atoms with van der Waals surface area (Å²) in [6.07, 6.45) is 0.129. The summed E-state index contributed by atoms with van der Waals surface area (Å²) in [5.41, 5.74) is 1.34. The minimum absolute atomic E-state index is 0.0130. The van der Waals surface area contributed by atoms with Gasteiger partial charge in [0.05, 0.1) is 0 Å². The van der Waals surface area contributed by atoms with Gasteiger partial charge in [0.1, 0.15) is 24.5 Å². The van der Waals surface area contributed by atoms with Gasteiger partial charge < -0.3 is 24.5 Å². The molecule has 0 bridgehead atoms. The van der Waals surface area contributed by atoms with Crippen molar-refractivity contribution in [3.05, 3.63) is 48.2 Å². The maximum absolute atomic E-state index is 12.9. The predicted octanol–water partition coefficient (Wildman–Crippen LogP) is 4.02. The maximum atomic E-state index is 12.9. The molecule has 0 saturated heterocycles. The molecule has 0 fully saturated rings. The predicted molar refractivity (Wildman–Crippen MR) is 106 cm³/mol. The zero-order chi connectivity index (χ0) is 19.5. The highest BCUT2D eigenvalue weighted by atomic mass is 35.5. The first-order valence-electron chi connectivity index (χ1n) is 8.74. The molecule has 0 radical (unpaired) electrons. The Bertz CT molecular complexity index is 1050. The smallest absolute Gasteiger partial charge is 0.293 e. The molecular weight excluding hydrogens is 384 g/mol. The van der Waals surface area contributed by atoms with E-state index in [4.69, 9.17) is 25.5 Å². The Morgan fingerprint density at radius 3 is 2.61 bits per heavy atom. The second-order valence-electron chi connectivity index (χ2n) is 6.10. The summed E-state index contributed by atoms with van der Waals surface area (Å²) < 4.78 is 16.7. The number of carbonyl (C=O) groups is 2. The van der Waals surface area contributed by atoms with Gasteiger partial charge in [-0.05, 0) is 24.3 Å². The summed E-state index contributed by atoms with van der Waals surface area (Å²) in [5.74, 6) is 0.592. The van der Waals surface area contributed by atoms with Gasteiger partial charge in [0.25, 0.3) is 5.91 Å². The number of anilines is 2. The van der Waals surface area contributed by atoms with Crippen LogP contribution >= 0.6 is 11.6 Å². The van der Waals surface area contributed by atoms with E-state index in [1.807, 2.05) is 0 Å². The van der Waals surface area contributed by atoms with Crippen molar-refractivity contribution >= 4 is 45.8 Å². The topological polar surface area (TPSA) is 89.8 Å². The molecular formula is C20H17ClN2O5. The monoisotopic (exact) mass is 400 g/mol. The molecule has 2 aromatic carbocycles. The summed E-state index contributed by atoms with van der Waals surface area (Å²) >= 11 is 5.64. The van der Waals surface area contributed by atoms with Crippen LogP contribution in [0, 0.1) is 0 Å². The van der Waals surface area contributed by atoms with Crippen LogP contribution in [-0.4, -0.2) is 30.9 Å². The van der Waals surface area contributed by atoms with Crippen molar-refractivity contribution in [1.29, 1.82) is 0 Å². The lowest BCUT2D eigenvalue weighted by atomic mass is 10.2. The first-order chi connectivity index (χ1) is 13.7. The fourth-order valence-corrected chi connectivity index (χ4v) is 3.10. The van der Waals surface area contributed by atoms with Crippen LogP contribution in [0.4, 0.5) is 11.4 Å². The van der Waals surface area contributed by atoms with Gasteiger partial charge in [-0.25, -0.2) is 0 Å². The quantitative estimate of drug-likeness (QED) is 0.631. The fraction of sp³-hybridized carbons (Fsp3) is 0.200. The van der Waals surface area contributed by atoms with Crippen LogP contribution in [0.3, 0.4) is 0 Å². The molecule has 7 nitrogen and oxygen atoms in total. The molecule has 144 valence electrons. The van der Waals surface area contributed by atoms with Gasteiger partial charge in [-0.2, -0.15) is 0 Å². The number of rotatable bonds is 5. The molecule has 0 atom stereocenters. The Hall–Kier alpha value is -3.19. The van der Waals surface area contributed by atoms with Gasteiger partial charge in [-0.1, -0.05) is 12.1 Å². The Morgan fingerprint density at radius 2 is 1.79 bits per heavy atom. The number of fused-ring (bicyclic) bond motifs is 2. The third-order valence-corrected chi connectivity index (χ3v) is 4.38. The number of hydrogen-bond acceptors (Lipinski definition) is 5. The Labute approximate surface area is 165 Å². The van der Waals surface area contributed by atoms with Crippen LogP contribution < -0.4 is 20.1 Å². The maximum Gasteiger partial charge on any atom is 0.293 e. The highest BCUT2D eigenvalue weighted by Gasteiger charge is 2.23. The van der Waals surface area contributed by atoms with Crippen LogP contribution in [0.15, 0.2) is 46.9 Å². The summed E-state index contributed by atoms with van der Waals surface area (Å²) in [6, 6.07) is 12.2. The van der Waals surface area contributed by atoms with Crippen LogP contribution in [0.5, 0.6) is 11.5 Å². The van der Waals surface area contributed by atoms with Gasteiger partial charge >= 0.3 is 0 Å². The van der Waals surface area contributed by atoms with E-state index in [9.17, 15) is 9.59 Å². The number of halogens is 1. The van der Waals surface area contributed by atoms with Crippen LogP contribution in [-0.2, 0) is 4.79 Å². The second kappa shape index (κ2) is 7.82. The molecule has 0 unspecified atom stereocenters. The van der Waals surface area contributed by atoms with Crippen molar-refractivity contribution in [3.8, 4) is 11.5 Å². The fourth-order valence-electron chi connectivity index (χ4n) is 2.93. The zero-order valence-electron chi connectivity index (χ0n) is 14.8. The molecule has 28 heavy (non-hydrogen) atoms. The molecule has 3 aromatic rings. The number of para-hydroxylation sites is 1. The van der Waals surface area contributed by atoms with Gasteiger partial charge in [0.15, 0.2) is 11.5 Å².